The summed E-state index contributed by atoms with van der Waals surface area (Å²) in [5, 5.41) is 9.64. The molecule has 0 radical (unpaired) electrons. The van der Waals surface area contributed by atoms with Gasteiger partial charge in [0.05, 0.1) is 11.9 Å². The normalized spacial score (nSPS) is 12.3. The zero-order valence-corrected chi connectivity index (χ0v) is 18.7. The van der Waals surface area contributed by atoms with Gasteiger partial charge >= 0.3 is 0 Å². The standard InChI is InChI=1S/C24H26N4OS/c1-15-10-18(16(2)26-21-8-6-7-9-23(21)30-5)19-12-22(17-13-25-27(3)14-17)28(4)24(29)20(19)11-15/h6-14,16,26H,1-5H3/t16-/m1/s1. The fraction of sp³-hybridized carbons (Fsp3) is 0.250. The van der Waals surface area contributed by atoms with Gasteiger partial charge in [0, 0.05) is 47.9 Å². The van der Waals surface area contributed by atoms with E-state index in [2.05, 4.69) is 47.9 Å². The fourth-order valence-corrected chi connectivity index (χ4v) is 4.51. The van der Waals surface area contributed by atoms with Gasteiger partial charge < -0.3 is 9.88 Å². The molecule has 1 atom stereocenters. The number of para-hydroxylation sites is 1. The van der Waals surface area contributed by atoms with Crippen molar-refractivity contribution in [3.63, 3.8) is 0 Å². The maximum absolute atomic E-state index is 13.2. The van der Waals surface area contributed by atoms with Crippen molar-refractivity contribution >= 4 is 28.2 Å². The zero-order valence-electron chi connectivity index (χ0n) is 17.9. The van der Waals surface area contributed by atoms with Crippen molar-refractivity contribution in [3.8, 4) is 11.3 Å². The third-order valence-corrected chi connectivity index (χ3v) is 6.28. The number of rotatable bonds is 5. The maximum atomic E-state index is 13.2. The lowest BCUT2D eigenvalue weighted by Crippen LogP contribution is -2.20. The SMILES string of the molecule is CSc1ccccc1N[C@H](C)c1cc(C)cc2c(=O)n(C)c(-c3cnn(C)c3)cc12. The monoisotopic (exact) mass is 418 g/mol. The molecule has 0 aliphatic carbocycles. The van der Waals surface area contributed by atoms with E-state index in [1.807, 2.05) is 45.4 Å². The van der Waals surface area contributed by atoms with E-state index in [9.17, 15) is 4.79 Å². The average molecular weight is 419 g/mol. The number of hydrogen-bond acceptors (Lipinski definition) is 4. The Kier molecular flexibility index (Phi) is 5.43. The molecule has 0 bridgehead atoms. The van der Waals surface area contributed by atoms with Crippen molar-refractivity contribution in [3.05, 3.63) is 76.3 Å². The molecule has 0 spiro atoms. The van der Waals surface area contributed by atoms with Crippen molar-refractivity contribution in [2.75, 3.05) is 11.6 Å². The van der Waals surface area contributed by atoms with Gasteiger partial charge in [0.2, 0.25) is 0 Å². The summed E-state index contributed by atoms with van der Waals surface area (Å²) in [6, 6.07) is 14.6. The Balaban J connectivity index is 1.89. The molecule has 1 N–H and O–H groups in total. The smallest absolute Gasteiger partial charge is 0.258 e. The number of nitrogens with one attached hydrogen (secondary N) is 1. The lowest BCUT2D eigenvalue weighted by atomic mass is 9.96. The molecule has 0 aliphatic rings. The van der Waals surface area contributed by atoms with Gasteiger partial charge in [0.1, 0.15) is 0 Å². The summed E-state index contributed by atoms with van der Waals surface area (Å²) in [4.78, 5) is 14.4. The molecule has 5 nitrogen and oxygen atoms in total. The molecule has 0 amide bonds. The highest BCUT2D eigenvalue weighted by molar-refractivity contribution is 7.98. The number of anilines is 1. The van der Waals surface area contributed by atoms with Gasteiger partial charge in [0.25, 0.3) is 5.56 Å². The second kappa shape index (κ2) is 8.03. The molecule has 30 heavy (non-hydrogen) atoms. The van der Waals surface area contributed by atoms with Crippen LogP contribution >= 0.6 is 11.8 Å². The Morgan fingerprint density at radius 3 is 2.57 bits per heavy atom. The summed E-state index contributed by atoms with van der Waals surface area (Å²) in [6.07, 6.45) is 5.81. The van der Waals surface area contributed by atoms with Crippen LogP contribution in [-0.4, -0.2) is 20.6 Å². The molecule has 0 saturated carbocycles. The molecule has 4 rings (SSSR count). The van der Waals surface area contributed by atoms with Crippen molar-refractivity contribution in [1.82, 2.24) is 14.3 Å². The molecule has 154 valence electrons. The lowest BCUT2D eigenvalue weighted by Gasteiger charge is -2.21. The topological polar surface area (TPSA) is 51.9 Å². The van der Waals surface area contributed by atoms with Crippen molar-refractivity contribution < 1.29 is 0 Å². The molecule has 2 aromatic heterocycles. The second-order valence-electron chi connectivity index (χ2n) is 7.68. The first-order chi connectivity index (χ1) is 14.4. The predicted octanol–water partition coefficient (Wildman–Crippen LogP) is 5.14. The van der Waals surface area contributed by atoms with Gasteiger partial charge in [-0.25, -0.2) is 0 Å². The first-order valence-electron chi connectivity index (χ1n) is 9.92. The number of thioether (sulfide) groups is 1. The quantitative estimate of drug-likeness (QED) is 0.456. The van der Waals surface area contributed by atoms with Crippen LogP contribution in [0.5, 0.6) is 0 Å². The minimum Gasteiger partial charge on any atom is -0.378 e. The zero-order chi connectivity index (χ0) is 21.4. The molecular weight excluding hydrogens is 392 g/mol. The van der Waals surface area contributed by atoms with Crippen LogP contribution < -0.4 is 10.9 Å². The predicted molar refractivity (Wildman–Crippen MR) is 126 cm³/mol. The maximum Gasteiger partial charge on any atom is 0.258 e. The van der Waals surface area contributed by atoms with E-state index in [0.717, 1.165) is 38.8 Å². The van der Waals surface area contributed by atoms with Gasteiger partial charge in [-0.15, -0.1) is 11.8 Å². The van der Waals surface area contributed by atoms with E-state index in [1.165, 1.54) is 4.90 Å². The number of benzene rings is 2. The first-order valence-corrected chi connectivity index (χ1v) is 11.1. The number of aromatic nitrogens is 3. The van der Waals surface area contributed by atoms with Gasteiger partial charge in [-0.05, 0) is 60.9 Å². The highest BCUT2D eigenvalue weighted by Gasteiger charge is 2.17. The van der Waals surface area contributed by atoms with Gasteiger partial charge in [-0.3, -0.25) is 9.48 Å². The molecule has 0 fully saturated rings. The van der Waals surface area contributed by atoms with Crippen LogP contribution in [0.4, 0.5) is 5.69 Å². The van der Waals surface area contributed by atoms with Crippen molar-refractivity contribution in [2.45, 2.75) is 24.8 Å². The van der Waals surface area contributed by atoms with Gasteiger partial charge in [-0.1, -0.05) is 18.2 Å². The van der Waals surface area contributed by atoms with E-state index >= 15 is 0 Å². The summed E-state index contributed by atoms with van der Waals surface area (Å²) in [7, 11) is 3.70. The number of aryl methyl sites for hydroxylation is 2. The lowest BCUT2D eigenvalue weighted by molar-refractivity contribution is 0.767. The summed E-state index contributed by atoms with van der Waals surface area (Å²) in [6.45, 7) is 4.19. The molecule has 2 heterocycles. The van der Waals surface area contributed by atoms with Crippen LogP contribution in [0.3, 0.4) is 0 Å². The largest absolute Gasteiger partial charge is 0.378 e. The summed E-state index contributed by atoms with van der Waals surface area (Å²) in [5.41, 5.74) is 5.09. The molecule has 0 saturated heterocycles. The third kappa shape index (κ3) is 3.63. The second-order valence-corrected chi connectivity index (χ2v) is 8.53. The van der Waals surface area contributed by atoms with Crippen LogP contribution in [-0.2, 0) is 14.1 Å². The summed E-state index contributed by atoms with van der Waals surface area (Å²) >= 11 is 1.72. The molecular formula is C24H26N4OS. The molecule has 4 aromatic rings. The minimum atomic E-state index is 0.00742. The molecule has 0 unspecified atom stereocenters. The number of nitrogens with zero attached hydrogens (tertiary/aromatic N) is 3. The van der Waals surface area contributed by atoms with E-state index in [1.54, 1.807) is 27.2 Å². The molecule has 2 aromatic carbocycles. The van der Waals surface area contributed by atoms with Crippen molar-refractivity contribution in [2.24, 2.45) is 14.1 Å². The summed E-state index contributed by atoms with van der Waals surface area (Å²) < 4.78 is 3.47. The Bertz CT molecular complexity index is 1290. The number of fused-ring (bicyclic) bond motifs is 1. The minimum absolute atomic E-state index is 0.00742. The van der Waals surface area contributed by atoms with Crippen LogP contribution in [0, 0.1) is 6.92 Å². The van der Waals surface area contributed by atoms with Crippen LogP contribution in [0.1, 0.15) is 24.1 Å². The van der Waals surface area contributed by atoms with E-state index in [0.29, 0.717) is 0 Å². The summed E-state index contributed by atoms with van der Waals surface area (Å²) in [5.74, 6) is 0. The Morgan fingerprint density at radius 2 is 1.87 bits per heavy atom. The van der Waals surface area contributed by atoms with Crippen molar-refractivity contribution in [1.29, 1.82) is 0 Å². The van der Waals surface area contributed by atoms with E-state index in [-0.39, 0.29) is 11.6 Å². The highest BCUT2D eigenvalue weighted by Crippen LogP contribution is 2.32. The van der Waals surface area contributed by atoms with E-state index in [4.69, 9.17) is 0 Å². The Morgan fingerprint density at radius 1 is 1.10 bits per heavy atom. The number of hydrogen-bond donors (Lipinski definition) is 1. The highest BCUT2D eigenvalue weighted by atomic mass is 32.2. The van der Waals surface area contributed by atoms with E-state index < -0.39 is 0 Å². The van der Waals surface area contributed by atoms with Gasteiger partial charge in [0.15, 0.2) is 0 Å². The molecule has 6 heteroatoms. The fourth-order valence-electron chi connectivity index (χ4n) is 3.95. The van der Waals surface area contributed by atoms with Crippen LogP contribution in [0.2, 0.25) is 0 Å². The first kappa shape index (κ1) is 20.3. The Hall–Kier alpha value is -2.99. The molecule has 0 aliphatic heterocycles. The van der Waals surface area contributed by atoms with Crippen LogP contribution in [0.25, 0.3) is 22.0 Å². The van der Waals surface area contributed by atoms with Gasteiger partial charge in [-0.2, -0.15) is 5.10 Å². The average Bonchev–Trinajstić information content (AvgIpc) is 3.16. The van der Waals surface area contributed by atoms with Crippen LogP contribution in [0.15, 0.2) is 64.5 Å². The number of pyridine rings is 1. The Labute approximate surface area is 180 Å². The third-order valence-electron chi connectivity index (χ3n) is 5.48.